The van der Waals surface area contributed by atoms with Gasteiger partial charge in [0.05, 0.1) is 6.61 Å². The van der Waals surface area contributed by atoms with Crippen LogP contribution < -0.4 is 0 Å². The first-order chi connectivity index (χ1) is 9.10. The number of hydrogen-bond donors (Lipinski definition) is 1. The van der Waals surface area contributed by atoms with Crippen LogP contribution in [0, 0.1) is 12.7 Å². The van der Waals surface area contributed by atoms with Gasteiger partial charge in [0.15, 0.2) is 0 Å². The van der Waals surface area contributed by atoms with E-state index in [1.807, 2.05) is 31.2 Å². The van der Waals surface area contributed by atoms with Gasteiger partial charge in [0.25, 0.3) is 0 Å². The zero-order chi connectivity index (χ0) is 13.8. The summed E-state index contributed by atoms with van der Waals surface area (Å²) >= 11 is 6.19. The Morgan fingerprint density at radius 3 is 2.63 bits per heavy atom. The van der Waals surface area contributed by atoms with Crippen LogP contribution in [-0.4, -0.2) is 11.7 Å². The molecule has 0 saturated heterocycles. The van der Waals surface area contributed by atoms with Crippen LogP contribution in [0.5, 0.6) is 0 Å². The van der Waals surface area contributed by atoms with E-state index in [0.29, 0.717) is 11.4 Å². The van der Waals surface area contributed by atoms with Crippen molar-refractivity contribution in [3.63, 3.8) is 0 Å². The molecule has 0 aliphatic rings. The topological polar surface area (TPSA) is 20.2 Å². The molecule has 2 aromatic rings. The lowest BCUT2D eigenvalue weighted by Gasteiger charge is -2.16. The zero-order valence-corrected chi connectivity index (χ0v) is 11.5. The summed E-state index contributed by atoms with van der Waals surface area (Å²) in [5.41, 5.74) is 2.86. The van der Waals surface area contributed by atoms with Crippen molar-refractivity contribution in [2.75, 3.05) is 6.61 Å². The van der Waals surface area contributed by atoms with Crippen molar-refractivity contribution in [1.29, 1.82) is 0 Å². The maximum Gasteiger partial charge on any atom is 0.123 e. The van der Waals surface area contributed by atoms with Crippen LogP contribution in [0.3, 0.4) is 0 Å². The third-order valence-corrected chi connectivity index (χ3v) is 3.57. The average molecular weight is 279 g/mol. The molecule has 1 atom stereocenters. The van der Waals surface area contributed by atoms with E-state index < -0.39 is 0 Å². The van der Waals surface area contributed by atoms with Crippen LogP contribution in [-0.2, 0) is 6.42 Å². The molecule has 0 heterocycles. The molecule has 1 N–H and O–H groups in total. The fraction of sp³-hybridized carbons (Fsp3) is 0.250. The number of aliphatic hydroxyl groups excluding tert-OH is 1. The molecule has 0 amide bonds. The Kier molecular flexibility index (Phi) is 4.56. The van der Waals surface area contributed by atoms with Gasteiger partial charge in [0.1, 0.15) is 5.82 Å². The van der Waals surface area contributed by atoms with Crippen LogP contribution in [0.4, 0.5) is 4.39 Å². The molecule has 0 fully saturated rings. The van der Waals surface area contributed by atoms with Crippen LogP contribution in [0.2, 0.25) is 5.02 Å². The molecule has 1 nitrogen and oxygen atoms in total. The maximum atomic E-state index is 13.2. The lowest BCUT2D eigenvalue weighted by molar-refractivity contribution is 0.264. The number of hydrogen-bond acceptors (Lipinski definition) is 1. The van der Waals surface area contributed by atoms with Crippen molar-refractivity contribution in [2.45, 2.75) is 19.3 Å². The van der Waals surface area contributed by atoms with Crippen molar-refractivity contribution in [3.8, 4) is 0 Å². The molecule has 0 radical (unpaired) electrons. The zero-order valence-electron chi connectivity index (χ0n) is 10.7. The summed E-state index contributed by atoms with van der Waals surface area (Å²) in [6, 6.07) is 12.2. The van der Waals surface area contributed by atoms with Gasteiger partial charge in [0, 0.05) is 10.9 Å². The van der Waals surface area contributed by atoms with E-state index in [1.165, 1.54) is 12.1 Å². The lowest BCUT2D eigenvalue weighted by Crippen LogP contribution is -2.08. The predicted molar refractivity (Wildman–Crippen MR) is 76.1 cm³/mol. The SMILES string of the molecule is Cc1ccc(CC(CO)c2cccc(F)c2)c(Cl)c1. The molecule has 0 bridgehead atoms. The minimum absolute atomic E-state index is 0.0341. The van der Waals surface area contributed by atoms with Gasteiger partial charge in [-0.2, -0.15) is 0 Å². The predicted octanol–water partition coefficient (Wildman–Crippen LogP) is 4.11. The first-order valence-electron chi connectivity index (χ1n) is 6.21. The molecule has 2 aromatic carbocycles. The molecule has 0 aliphatic heterocycles. The van der Waals surface area contributed by atoms with E-state index in [-0.39, 0.29) is 18.3 Å². The van der Waals surface area contributed by atoms with Gasteiger partial charge in [-0.25, -0.2) is 4.39 Å². The minimum Gasteiger partial charge on any atom is -0.396 e. The van der Waals surface area contributed by atoms with Gasteiger partial charge in [-0.1, -0.05) is 35.9 Å². The van der Waals surface area contributed by atoms with E-state index in [2.05, 4.69) is 0 Å². The summed E-state index contributed by atoms with van der Waals surface area (Å²) in [5.74, 6) is -0.429. The second-order valence-corrected chi connectivity index (χ2v) is 5.14. The summed E-state index contributed by atoms with van der Waals surface area (Å²) in [6.07, 6.45) is 0.596. The molecular formula is C16H16ClFO. The Morgan fingerprint density at radius 2 is 2.00 bits per heavy atom. The van der Waals surface area contributed by atoms with Crippen molar-refractivity contribution in [1.82, 2.24) is 0 Å². The summed E-state index contributed by atoms with van der Waals surface area (Å²) in [4.78, 5) is 0. The third-order valence-electron chi connectivity index (χ3n) is 3.22. The summed E-state index contributed by atoms with van der Waals surface area (Å²) in [7, 11) is 0. The molecule has 3 heteroatoms. The minimum atomic E-state index is -0.286. The number of aryl methyl sites for hydroxylation is 1. The van der Waals surface area contributed by atoms with Crippen LogP contribution in [0.1, 0.15) is 22.6 Å². The summed E-state index contributed by atoms with van der Waals surface area (Å²) < 4.78 is 13.2. The number of aliphatic hydroxyl groups is 1. The van der Waals surface area contributed by atoms with E-state index in [1.54, 1.807) is 6.07 Å². The monoisotopic (exact) mass is 278 g/mol. The van der Waals surface area contributed by atoms with Crippen molar-refractivity contribution < 1.29 is 9.50 Å². The molecule has 0 spiro atoms. The molecule has 2 rings (SSSR count). The molecule has 0 aliphatic carbocycles. The highest BCUT2D eigenvalue weighted by Crippen LogP contribution is 2.26. The molecule has 0 aromatic heterocycles. The second-order valence-electron chi connectivity index (χ2n) is 4.73. The molecule has 1 unspecified atom stereocenters. The molecule has 100 valence electrons. The Balaban J connectivity index is 2.24. The van der Waals surface area contributed by atoms with Crippen LogP contribution >= 0.6 is 11.6 Å². The first kappa shape index (κ1) is 14.0. The quantitative estimate of drug-likeness (QED) is 0.892. The summed E-state index contributed by atoms with van der Waals surface area (Å²) in [6.45, 7) is 1.94. The van der Waals surface area contributed by atoms with E-state index in [9.17, 15) is 9.50 Å². The van der Waals surface area contributed by atoms with Crippen molar-refractivity contribution in [3.05, 3.63) is 70.0 Å². The number of halogens is 2. The molecule has 0 saturated carbocycles. The molecule has 19 heavy (non-hydrogen) atoms. The highest BCUT2D eigenvalue weighted by Gasteiger charge is 2.14. The second kappa shape index (κ2) is 6.18. The van der Waals surface area contributed by atoms with Crippen molar-refractivity contribution in [2.24, 2.45) is 0 Å². The smallest absolute Gasteiger partial charge is 0.123 e. The molecular weight excluding hydrogens is 263 g/mol. The fourth-order valence-electron chi connectivity index (χ4n) is 2.13. The van der Waals surface area contributed by atoms with Gasteiger partial charge in [-0.3, -0.25) is 0 Å². The third kappa shape index (κ3) is 3.55. The largest absolute Gasteiger partial charge is 0.396 e. The number of benzene rings is 2. The number of rotatable bonds is 4. The summed E-state index contributed by atoms with van der Waals surface area (Å²) in [5, 5.41) is 10.2. The standard InChI is InChI=1S/C16H16ClFO/c1-11-5-6-13(16(17)7-11)8-14(10-19)12-3-2-4-15(18)9-12/h2-7,9,14,19H,8,10H2,1H3. The highest BCUT2D eigenvalue weighted by molar-refractivity contribution is 6.31. The maximum absolute atomic E-state index is 13.2. The average Bonchev–Trinajstić information content (AvgIpc) is 2.38. The van der Waals surface area contributed by atoms with Gasteiger partial charge < -0.3 is 5.11 Å². The van der Waals surface area contributed by atoms with Gasteiger partial charge in [0.2, 0.25) is 0 Å². The Morgan fingerprint density at radius 1 is 1.21 bits per heavy atom. The lowest BCUT2D eigenvalue weighted by atomic mass is 9.92. The van der Waals surface area contributed by atoms with Gasteiger partial charge in [-0.15, -0.1) is 0 Å². The Labute approximate surface area is 117 Å². The Hall–Kier alpha value is -1.38. The van der Waals surface area contributed by atoms with Crippen molar-refractivity contribution >= 4 is 11.6 Å². The van der Waals surface area contributed by atoms with E-state index in [0.717, 1.165) is 16.7 Å². The van der Waals surface area contributed by atoms with E-state index in [4.69, 9.17) is 11.6 Å². The Bertz CT molecular complexity index is 568. The fourth-order valence-corrected chi connectivity index (χ4v) is 2.44. The first-order valence-corrected chi connectivity index (χ1v) is 6.59. The van der Waals surface area contributed by atoms with Gasteiger partial charge in [-0.05, 0) is 48.2 Å². The highest BCUT2D eigenvalue weighted by atomic mass is 35.5. The normalized spacial score (nSPS) is 12.4. The van der Waals surface area contributed by atoms with Crippen LogP contribution in [0.25, 0.3) is 0 Å². The van der Waals surface area contributed by atoms with Gasteiger partial charge >= 0.3 is 0 Å². The van der Waals surface area contributed by atoms with E-state index >= 15 is 0 Å². The van der Waals surface area contributed by atoms with Crippen LogP contribution in [0.15, 0.2) is 42.5 Å².